The molecule has 1 amide bonds. The van der Waals surface area contributed by atoms with E-state index in [1.165, 1.54) is 0 Å². The van der Waals surface area contributed by atoms with E-state index >= 15 is 0 Å². The molecule has 3 N–H and O–H groups in total. The third-order valence-corrected chi connectivity index (χ3v) is 3.52. The first-order valence-corrected chi connectivity index (χ1v) is 6.58. The highest BCUT2D eigenvalue weighted by Crippen LogP contribution is 2.34. The number of anilines is 1. The van der Waals surface area contributed by atoms with Crippen LogP contribution >= 0.6 is 0 Å². The van der Waals surface area contributed by atoms with Gasteiger partial charge in [-0.05, 0) is 44.1 Å². The zero-order valence-electron chi connectivity index (χ0n) is 11.5. The molecule has 1 aliphatic rings. The zero-order chi connectivity index (χ0) is 13.8. The van der Waals surface area contributed by atoms with Crippen molar-refractivity contribution in [3.8, 4) is 5.75 Å². The number of hydrogen-bond donors (Lipinski definition) is 2. The van der Waals surface area contributed by atoms with Gasteiger partial charge in [0.25, 0.3) is 5.91 Å². The van der Waals surface area contributed by atoms with Crippen LogP contribution in [0, 0.1) is 0 Å². The van der Waals surface area contributed by atoms with Crippen molar-refractivity contribution < 1.29 is 9.53 Å². The summed E-state index contributed by atoms with van der Waals surface area (Å²) in [7, 11) is 3.72. The van der Waals surface area contributed by atoms with E-state index in [4.69, 9.17) is 10.5 Å². The van der Waals surface area contributed by atoms with Gasteiger partial charge in [0.1, 0.15) is 5.75 Å². The molecule has 1 aromatic rings. The SMILES string of the molecule is CNC(CCCN)c1ccc2c(c1)N(C)C(=O)CO2. The van der Waals surface area contributed by atoms with E-state index in [1.54, 1.807) is 11.9 Å². The van der Waals surface area contributed by atoms with Crippen molar-refractivity contribution >= 4 is 11.6 Å². The lowest BCUT2D eigenvalue weighted by atomic mass is 10.0. The van der Waals surface area contributed by atoms with Gasteiger partial charge >= 0.3 is 0 Å². The number of rotatable bonds is 5. The molecule has 104 valence electrons. The monoisotopic (exact) mass is 263 g/mol. The summed E-state index contributed by atoms with van der Waals surface area (Å²) >= 11 is 0. The van der Waals surface area contributed by atoms with Crippen LogP contribution in [0.2, 0.25) is 0 Å². The lowest BCUT2D eigenvalue weighted by Crippen LogP contribution is -2.35. The average Bonchev–Trinajstić information content (AvgIpc) is 2.44. The first-order chi connectivity index (χ1) is 9.17. The van der Waals surface area contributed by atoms with Gasteiger partial charge in [-0.2, -0.15) is 0 Å². The average molecular weight is 263 g/mol. The van der Waals surface area contributed by atoms with E-state index in [1.807, 2.05) is 25.2 Å². The first kappa shape index (κ1) is 13.8. The summed E-state index contributed by atoms with van der Waals surface area (Å²) in [4.78, 5) is 13.3. The second kappa shape index (κ2) is 6.04. The molecule has 5 nitrogen and oxygen atoms in total. The molecule has 2 rings (SSSR count). The fraction of sp³-hybridized carbons (Fsp3) is 0.500. The number of carbonyl (C=O) groups excluding carboxylic acids is 1. The zero-order valence-corrected chi connectivity index (χ0v) is 11.5. The lowest BCUT2D eigenvalue weighted by molar-refractivity contribution is -0.120. The highest BCUT2D eigenvalue weighted by atomic mass is 16.5. The molecule has 1 aromatic carbocycles. The number of carbonyl (C=O) groups is 1. The third kappa shape index (κ3) is 2.88. The largest absolute Gasteiger partial charge is 0.482 e. The van der Waals surface area contributed by atoms with Crippen LogP contribution < -0.4 is 20.7 Å². The summed E-state index contributed by atoms with van der Waals surface area (Å²) in [6.45, 7) is 0.802. The third-order valence-electron chi connectivity index (χ3n) is 3.52. The number of hydrogen-bond acceptors (Lipinski definition) is 4. The fourth-order valence-electron chi connectivity index (χ4n) is 2.31. The summed E-state index contributed by atoms with van der Waals surface area (Å²) in [5.41, 5.74) is 7.55. The van der Waals surface area contributed by atoms with Crippen molar-refractivity contribution in [2.24, 2.45) is 5.73 Å². The van der Waals surface area contributed by atoms with Crippen LogP contribution in [0.15, 0.2) is 18.2 Å². The minimum atomic E-state index is -0.0207. The maximum Gasteiger partial charge on any atom is 0.264 e. The van der Waals surface area contributed by atoms with Crippen LogP contribution in [0.1, 0.15) is 24.4 Å². The Balaban J connectivity index is 2.26. The van der Waals surface area contributed by atoms with E-state index < -0.39 is 0 Å². The maximum atomic E-state index is 11.6. The Kier molecular flexibility index (Phi) is 4.39. The van der Waals surface area contributed by atoms with Gasteiger partial charge in [0.05, 0.1) is 5.69 Å². The van der Waals surface area contributed by atoms with Crippen LogP contribution in [-0.2, 0) is 4.79 Å². The Hall–Kier alpha value is -1.59. The number of nitrogens with zero attached hydrogens (tertiary/aromatic N) is 1. The molecule has 1 unspecified atom stereocenters. The van der Waals surface area contributed by atoms with Crippen molar-refractivity contribution in [1.29, 1.82) is 0 Å². The van der Waals surface area contributed by atoms with Crippen LogP contribution in [0.3, 0.4) is 0 Å². The second-order valence-electron chi connectivity index (χ2n) is 4.74. The Morgan fingerprint density at radius 2 is 2.32 bits per heavy atom. The molecular weight excluding hydrogens is 242 g/mol. The molecule has 5 heteroatoms. The van der Waals surface area contributed by atoms with Gasteiger partial charge in [-0.15, -0.1) is 0 Å². The molecule has 0 fully saturated rings. The van der Waals surface area contributed by atoms with Gasteiger partial charge < -0.3 is 20.7 Å². The summed E-state index contributed by atoms with van der Waals surface area (Å²) in [6, 6.07) is 6.24. The summed E-state index contributed by atoms with van der Waals surface area (Å²) in [5, 5.41) is 3.29. The molecule has 0 spiro atoms. The van der Waals surface area contributed by atoms with Crippen LogP contribution in [-0.4, -0.2) is 33.2 Å². The molecule has 1 heterocycles. The number of nitrogens with one attached hydrogen (secondary N) is 1. The molecule has 0 bridgehead atoms. The maximum absolute atomic E-state index is 11.6. The van der Waals surface area contributed by atoms with Crippen molar-refractivity contribution in [1.82, 2.24) is 5.32 Å². The molecule has 0 saturated heterocycles. The molecule has 1 aliphatic heterocycles. The van der Waals surface area contributed by atoms with E-state index in [0.717, 1.165) is 29.8 Å². The Morgan fingerprint density at radius 3 is 3.00 bits per heavy atom. The second-order valence-corrected chi connectivity index (χ2v) is 4.74. The molecule has 0 saturated carbocycles. The van der Waals surface area contributed by atoms with Gasteiger partial charge in [0, 0.05) is 13.1 Å². The van der Waals surface area contributed by atoms with Crippen molar-refractivity contribution in [2.75, 3.05) is 32.1 Å². The molecular formula is C14H21N3O2. The topological polar surface area (TPSA) is 67.6 Å². The highest BCUT2D eigenvalue weighted by Gasteiger charge is 2.23. The smallest absolute Gasteiger partial charge is 0.264 e. The van der Waals surface area contributed by atoms with Crippen LogP contribution in [0.5, 0.6) is 5.75 Å². The van der Waals surface area contributed by atoms with Crippen LogP contribution in [0.25, 0.3) is 0 Å². The van der Waals surface area contributed by atoms with E-state index in [9.17, 15) is 4.79 Å². The molecule has 1 atom stereocenters. The first-order valence-electron chi connectivity index (χ1n) is 6.58. The van der Waals surface area contributed by atoms with Gasteiger partial charge in [-0.25, -0.2) is 0 Å². The van der Waals surface area contributed by atoms with E-state index in [-0.39, 0.29) is 18.6 Å². The van der Waals surface area contributed by atoms with E-state index in [0.29, 0.717) is 6.54 Å². The molecule has 0 aliphatic carbocycles. The predicted octanol–water partition coefficient (Wildman–Crippen LogP) is 1.04. The lowest BCUT2D eigenvalue weighted by Gasteiger charge is -2.27. The standard InChI is InChI=1S/C14H21N3O2/c1-16-11(4-3-7-15)10-5-6-13-12(8-10)17(2)14(18)9-19-13/h5-6,8,11,16H,3-4,7,9,15H2,1-2H3. The number of likely N-dealkylation sites (N-methyl/N-ethyl adjacent to an activating group) is 1. The number of benzene rings is 1. The van der Waals surface area contributed by atoms with Crippen molar-refractivity contribution in [3.63, 3.8) is 0 Å². The predicted molar refractivity (Wildman–Crippen MR) is 75.4 cm³/mol. The number of fused-ring (bicyclic) bond motifs is 1. The minimum absolute atomic E-state index is 0.0207. The summed E-state index contributed by atoms with van der Waals surface area (Å²) in [5.74, 6) is 0.743. The van der Waals surface area contributed by atoms with Gasteiger partial charge in [0.15, 0.2) is 6.61 Å². The molecule has 0 aromatic heterocycles. The van der Waals surface area contributed by atoms with Gasteiger partial charge in [-0.3, -0.25) is 4.79 Å². The van der Waals surface area contributed by atoms with Gasteiger partial charge in [0.2, 0.25) is 0 Å². The summed E-state index contributed by atoms with van der Waals surface area (Å²) < 4.78 is 5.42. The molecule has 19 heavy (non-hydrogen) atoms. The van der Waals surface area contributed by atoms with Gasteiger partial charge in [-0.1, -0.05) is 6.07 Å². The van der Waals surface area contributed by atoms with Crippen LogP contribution in [0.4, 0.5) is 5.69 Å². The number of ether oxygens (including phenoxy) is 1. The minimum Gasteiger partial charge on any atom is -0.482 e. The Labute approximate surface area is 113 Å². The van der Waals surface area contributed by atoms with Crippen molar-refractivity contribution in [2.45, 2.75) is 18.9 Å². The number of nitrogens with two attached hydrogens (primary N) is 1. The molecule has 0 radical (unpaired) electrons. The fourth-order valence-corrected chi connectivity index (χ4v) is 2.31. The Bertz CT molecular complexity index is 462. The van der Waals surface area contributed by atoms with Crippen molar-refractivity contribution in [3.05, 3.63) is 23.8 Å². The quantitative estimate of drug-likeness (QED) is 0.833. The number of amides is 1. The normalized spacial score (nSPS) is 15.9. The Morgan fingerprint density at radius 1 is 1.53 bits per heavy atom. The summed E-state index contributed by atoms with van der Waals surface area (Å²) in [6.07, 6.45) is 1.94. The highest BCUT2D eigenvalue weighted by molar-refractivity contribution is 5.97. The van der Waals surface area contributed by atoms with E-state index in [2.05, 4.69) is 5.32 Å².